The van der Waals surface area contributed by atoms with E-state index in [2.05, 4.69) is 35.3 Å². The molecule has 19 nitrogen and oxygen atoms in total. The normalized spacial score (nSPS) is 21.8. The lowest BCUT2D eigenvalue weighted by molar-refractivity contribution is -0.144. The number of fused-ring (bicyclic) bond motifs is 2. The largest absolute Gasteiger partial charge is 0.391 e. The molecular formula is C69H83N11O8S3. The van der Waals surface area contributed by atoms with Gasteiger partial charge in [-0.05, 0) is 160 Å². The number of pyridine rings is 1. The van der Waals surface area contributed by atoms with E-state index in [0.717, 1.165) is 73.0 Å². The molecule has 480 valence electrons. The van der Waals surface area contributed by atoms with Gasteiger partial charge >= 0.3 is 0 Å². The molecule has 4 atom stereocenters. The number of benzene rings is 3. The smallest absolute Gasteiger partial charge is 0.284 e. The second-order valence-electron chi connectivity index (χ2n) is 27.5. The first kappa shape index (κ1) is 63.7. The molecular weight excluding hydrogens is 1210 g/mol. The number of nitrogens with zero attached hydrogens (tertiary/aromatic N) is 7. The van der Waals surface area contributed by atoms with Gasteiger partial charge < -0.3 is 25.5 Å². The molecule has 1 saturated heterocycles. The maximum absolute atomic E-state index is 14.6. The van der Waals surface area contributed by atoms with Crippen LogP contribution in [-0.4, -0.2) is 110 Å². The summed E-state index contributed by atoms with van der Waals surface area (Å²) in [6, 6.07) is 22.8. The van der Waals surface area contributed by atoms with Crippen LogP contribution in [0, 0.1) is 42.4 Å². The van der Waals surface area contributed by atoms with Crippen molar-refractivity contribution in [1.29, 1.82) is 0 Å². The number of rotatable bonds is 22. The van der Waals surface area contributed by atoms with Crippen LogP contribution in [0.15, 0.2) is 90.6 Å². The van der Waals surface area contributed by atoms with Crippen molar-refractivity contribution in [3.05, 3.63) is 130 Å². The SMILES string of the molecule is Cc1ncsc1-c1ccc(C(C)NC(=O)[C@@H]2C[C@@H](O)CN2C(=O)C(NC(=O)CCCCCCCS(=O)(=O)NC(=O)c2nc(N3CCc4cccc(C(=O)Nc5nc6ccccc6s5)c4C3)ccc2-c2cnn(CC34CC5CC(CC(C5)C3)C4)c2C)C(C)(C)C)cc1. The molecule has 4 aromatic heterocycles. The molecule has 6 heterocycles. The molecule has 91 heavy (non-hydrogen) atoms. The van der Waals surface area contributed by atoms with E-state index in [1.165, 1.54) is 54.8 Å². The lowest BCUT2D eigenvalue weighted by Crippen LogP contribution is -2.57. The number of sulfonamides is 1. The van der Waals surface area contributed by atoms with E-state index in [1.807, 2.05) is 125 Å². The number of carbonyl (C=O) groups excluding carboxylic acids is 5. The molecule has 4 saturated carbocycles. The minimum Gasteiger partial charge on any atom is -0.391 e. The summed E-state index contributed by atoms with van der Waals surface area (Å²) >= 11 is 2.97. The standard InChI is InChI=1S/C69H83N11O8S3/c1-41(47-20-22-49(23-21-47)61-42(2)70-40-89-61)72-64(84)56-32-50(81)37-79(56)66(86)62(68(4,5)6)75-59(82)19-10-8-7-9-13-28-91(87,88)77-65(85)60-51(53-36-71-80(43(53)3)39-69-33-44-29-45(34-69)31-46(30-44)35-69)24-25-58(74-60)78-27-26-48-15-14-16-52(54(48)38-78)63(83)76-67-73-55-17-11-12-18-57(55)90-67/h11-12,14-18,20-25,36,40-41,44-46,50,56,62,81H,7-10,13,19,26-35,37-39H2,1-6H3,(H,72,84)(H,75,82)(H,77,85)(H,73,76,83)/t41?,44?,45?,46?,50-,56+,62?,69?/m1/s1. The molecule has 5 N–H and O–H groups in total. The molecule has 6 aliphatic rings. The number of aromatic nitrogens is 5. The zero-order chi connectivity index (χ0) is 63.9. The van der Waals surface area contributed by atoms with Gasteiger partial charge in [0.15, 0.2) is 5.13 Å². The van der Waals surface area contributed by atoms with E-state index in [1.54, 1.807) is 23.6 Å². The second kappa shape index (κ2) is 26.3. The summed E-state index contributed by atoms with van der Waals surface area (Å²) in [5, 5.41) is 25.2. The first-order valence-corrected chi connectivity index (χ1v) is 35.6. The van der Waals surface area contributed by atoms with Gasteiger partial charge in [-0.1, -0.05) is 99.9 Å². The monoisotopic (exact) mass is 1290 g/mol. The average molecular weight is 1290 g/mol. The van der Waals surface area contributed by atoms with E-state index in [4.69, 9.17) is 10.1 Å². The van der Waals surface area contributed by atoms with Crippen LogP contribution in [0.25, 0.3) is 31.8 Å². The third-order valence-corrected chi connectivity index (χ3v) is 22.9. The number of unbranched alkanes of at least 4 members (excludes halogenated alkanes) is 4. The fourth-order valence-electron chi connectivity index (χ4n) is 15.4. The number of amides is 5. The van der Waals surface area contributed by atoms with Crippen molar-refractivity contribution in [2.24, 2.45) is 28.6 Å². The Hall–Kier alpha value is -7.40. The van der Waals surface area contributed by atoms with Gasteiger partial charge in [0.05, 0.1) is 50.4 Å². The van der Waals surface area contributed by atoms with Crippen molar-refractivity contribution >= 4 is 83.4 Å². The molecule has 5 fully saturated rings. The first-order valence-electron chi connectivity index (χ1n) is 32.3. The first-order chi connectivity index (χ1) is 43.6. The minimum absolute atomic E-state index is 0.0333. The molecule has 2 aliphatic heterocycles. The van der Waals surface area contributed by atoms with Gasteiger partial charge in [0.25, 0.3) is 11.8 Å². The number of aliphatic hydroxyl groups is 1. The molecule has 0 spiro atoms. The molecule has 13 rings (SSSR count). The molecule has 0 radical (unpaired) electrons. The minimum atomic E-state index is -4.15. The number of hydrogen-bond donors (Lipinski definition) is 5. The summed E-state index contributed by atoms with van der Waals surface area (Å²) in [6.45, 7) is 13.0. The fourth-order valence-corrected chi connectivity index (χ4v) is 18.1. The number of nitrogens with one attached hydrogen (secondary N) is 4. The molecule has 22 heteroatoms. The Kier molecular flexibility index (Phi) is 18.4. The van der Waals surface area contributed by atoms with Crippen molar-refractivity contribution < 1.29 is 37.5 Å². The number of likely N-dealkylation sites (tertiary alicyclic amines) is 1. The zero-order valence-electron chi connectivity index (χ0n) is 52.8. The highest BCUT2D eigenvalue weighted by molar-refractivity contribution is 7.90. The number of thiazole rings is 2. The van der Waals surface area contributed by atoms with Gasteiger partial charge in [-0.15, -0.1) is 11.3 Å². The van der Waals surface area contributed by atoms with Gasteiger partial charge in [0, 0.05) is 61.4 Å². The molecule has 5 amide bonds. The van der Waals surface area contributed by atoms with Crippen LogP contribution in [-0.2, 0) is 43.9 Å². The van der Waals surface area contributed by atoms with Gasteiger partial charge in [-0.3, -0.25) is 34.0 Å². The maximum atomic E-state index is 14.6. The summed E-state index contributed by atoms with van der Waals surface area (Å²) in [5.41, 5.74) is 9.39. The van der Waals surface area contributed by atoms with Gasteiger partial charge in [-0.2, -0.15) is 5.10 Å². The third-order valence-electron chi connectivity index (χ3n) is 19.6. The molecule has 4 bridgehead atoms. The summed E-state index contributed by atoms with van der Waals surface area (Å²) in [4.78, 5) is 88.7. The predicted octanol–water partition coefficient (Wildman–Crippen LogP) is 11.1. The number of hydrogen-bond acceptors (Lipinski definition) is 15. The van der Waals surface area contributed by atoms with Crippen LogP contribution in [0.2, 0.25) is 0 Å². The number of para-hydroxylation sites is 1. The Morgan fingerprint density at radius 3 is 2.25 bits per heavy atom. The van der Waals surface area contributed by atoms with Gasteiger partial charge in [-0.25, -0.2) is 28.1 Å². The van der Waals surface area contributed by atoms with Crippen molar-refractivity contribution in [3.8, 4) is 21.6 Å². The van der Waals surface area contributed by atoms with Gasteiger partial charge in [0.1, 0.15) is 23.6 Å². The van der Waals surface area contributed by atoms with Crippen molar-refractivity contribution in [1.82, 2.24) is 45.0 Å². The Morgan fingerprint density at radius 1 is 0.813 bits per heavy atom. The van der Waals surface area contributed by atoms with Crippen molar-refractivity contribution in [3.63, 3.8) is 0 Å². The Bertz CT molecular complexity index is 3930. The van der Waals surface area contributed by atoms with Crippen molar-refractivity contribution in [2.75, 3.05) is 29.1 Å². The number of aryl methyl sites for hydroxylation is 1. The summed E-state index contributed by atoms with van der Waals surface area (Å²) in [6.07, 6.45) is 11.8. The zero-order valence-corrected chi connectivity index (χ0v) is 55.2. The topological polar surface area (TPSA) is 251 Å². The summed E-state index contributed by atoms with van der Waals surface area (Å²) in [5.74, 6) is 0.209. The van der Waals surface area contributed by atoms with E-state index in [9.17, 15) is 37.5 Å². The van der Waals surface area contributed by atoms with Crippen LogP contribution in [0.5, 0.6) is 0 Å². The molecule has 7 aromatic rings. The average Bonchev–Trinajstić information content (AvgIpc) is 1.71. The Balaban J connectivity index is 0.663. The quantitative estimate of drug-likeness (QED) is 0.0397. The van der Waals surface area contributed by atoms with E-state index in [-0.39, 0.29) is 66.4 Å². The Labute approximate surface area is 540 Å². The number of β-amino-alcohol motifs (C(OH)–C–C–N with tert-alkyl or cyclic N) is 1. The summed E-state index contributed by atoms with van der Waals surface area (Å²) < 4.78 is 33.2. The van der Waals surface area contributed by atoms with Crippen LogP contribution in [0.4, 0.5) is 10.9 Å². The fraction of sp³-hybridized carbons (Fsp3) is 0.493. The van der Waals surface area contributed by atoms with Crippen LogP contribution in [0.3, 0.4) is 0 Å². The molecule has 2 unspecified atom stereocenters. The highest BCUT2D eigenvalue weighted by atomic mass is 32.2. The lowest BCUT2D eigenvalue weighted by atomic mass is 9.49. The molecule has 4 aliphatic carbocycles. The highest BCUT2D eigenvalue weighted by Gasteiger charge is 2.51. The number of carbonyl (C=O) groups is 5. The van der Waals surface area contributed by atoms with Crippen LogP contribution < -0.4 is 25.6 Å². The number of anilines is 2. The highest BCUT2D eigenvalue weighted by Crippen LogP contribution is 2.60. The van der Waals surface area contributed by atoms with Crippen molar-refractivity contribution in [2.45, 2.75) is 169 Å². The van der Waals surface area contributed by atoms with Crippen LogP contribution in [0.1, 0.15) is 166 Å². The maximum Gasteiger partial charge on any atom is 0.284 e. The Morgan fingerprint density at radius 2 is 1.54 bits per heavy atom. The van der Waals surface area contributed by atoms with E-state index >= 15 is 0 Å². The summed E-state index contributed by atoms with van der Waals surface area (Å²) in [7, 11) is -4.15. The van der Waals surface area contributed by atoms with Gasteiger partial charge in [0.2, 0.25) is 27.7 Å². The van der Waals surface area contributed by atoms with E-state index < -0.39 is 45.4 Å². The van der Waals surface area contributed by atoms with Crippen LogP contribution >= 0.6 is 22.7 Å². The lowest BCUT2D eigenvalue weighted by Gasteiger charge is -2.56. The number of aliphatic hydroxyl groups excluding tert-OH is 1. The molecule has 3 aromatic carbocycles. The third kappa shape index (κ3) is 14.2. The second-order valence-corrected chi connectivity index (χ2v) is 31.2. The predicted molar refractivity (Wildman–Crippen MR) is 355 cm³/mol. The van der Waals surface area contributed by atoms with E-state index in [0.29, 0.717) is 72.8 Å².